The molecule has 0 aliphatic rings. The summed E-state index contributed by atoms with van der Waals surface area (Å²) >= 11 is 1.26. The molecule has 0 saturated heterocycles. The number of nitrogens with two attached hydrogens (primary N) is 1. The number of hydrogen-bond acceptors (Lipinski definition) is 5. The van der Waals surface area contributed by atoms with E-state index in [0.717, 1.165) is 22.4 Å². The van der Waals surface area contributed by atoms with Gasteiger partial charge >= 0.3 is 6.03 Å². The van der Waals surface area contributed by atoms with Gasteiger partial charge in [0.15, 0.2) is 11.0 Å². The number of carbonyl (C=O) groups is 2. The van der Waals surface area contributed by atoms with Gasteiger partial charge in [-0.25, -0.2) is 4.79 Å². The van der Waals surface area contributed by atoms with Crippen LogP contribution in [0.25, 0.3) is 17.1 Å². The Hall–Kier alpha value is -3.13. The molecule has 0 aliphatic heterocycles. The van der Waals surface area contributed by atoms with Crippen LogP contribution in [0.5, 0.6) is 0 Å². The molecule has 3 rings (SSSR count). The van der Waals surface area contributed by atoms with Gasteiger partial charge < -0.3 is 5.73 Å². The van der Waals surface area contributed by atoms with Gasteiger partial charge in [-0.2, -0.15) is 0 Å². The van der Waals surface area contributed by atoms with Gasteiger partial charge in [-0.05, 0) is 38.0 Å². The van der Waals surface area contributed by atoms with Crippen molar-refractivity contribution in [1.82, 2.24) is 20.1 Å². The Bertz CT molecular complexity index is 1060. The van der Waals surface area contributed by atoms with Crippen LogP contribution < -0.4 is 11.1 Å². The summed E-state index contributed by atoms with van der Waals surface area (Å²) < 4.78 is 1.94. The summed E-state index contributed by atoms with van der Waals surface area (Å²) in [5, 5.41) is 11.0. The molecule has 1 unspecified atom stereocenters. The average molecular weight is 424 g/mol. The van der Waals surface area contributed by atoms with Crippen LogP contribution in [0.15, 0.2) is 53.7 Å². The van der Waals surface area contributed by atoms with Gasteiger partial charge in [0.2, 0.25) is 5.91 Å². The van der Waals surface area contributed by atoms with Crippen LogP contribution in [-0.4, -0.2) is 32.0 Å². The van der Waals surface area contributed by atoms with Crippen LogP contribution >= 0.6 is 11.8 Å². The van der Waals surface area contributed by atoms with Crippen molar-refractivity contribution in [3.8, 4) is 17.1 Å². The highest BCUT2D eigenvalue weighted by molar-refractivity contribution is 8.00. The number of imide groups is 1. The third kappa shape index (κ3) is 4.88. The lowest BCUT2D eigenvalue weighted by Gasteiger charge is -2.19. The first-order chi connectivity index (χ1) is 14.3. The highest BCUT2D eigenvalue weighted by atomic mass is 32.2. The van der Waals surface area contributed by atoms with Crippen molar-refractivity contribution in [3.63, 3.8) is 0 Å². The molecule has 2 aromatic carbocycles. The first-order valence-corrected chi connectivity index (χ1v) is 10.5. The Morgan fingerprint density at radius 1 is 1.03 bits per heavy atom. The number of primary amides is 1. The van der Waals surface area contributed by atoms with Crippen molar-refractivity contribution in [2.24, 2.45) is 11.7 Å². The van der Waals surface area contributed by atoms with Crippen LogP contribution in [0.2, 0.25) is 0 Å². The molecular formula is C22H25N5O2S. The second-order valence-electron chi connectivity index (χ2n) is 7.48. The van der Waals surface area contributed by atoms with E-state index in [2.05, 4.69) is 15.5 Å². The molecule has 0 fully saturated rings. The van der Waals surface area contributed by atoms with Gasteiger partial charge in [0.05, 0.1) is 5.25 Å². The topological polar surface area (TPSA) is 103 Å². The van der Waals surface area contributed by atoms with E-state index < -0.39 is 17.2 Å². The number of carbonyl (C=O) groups excluding carboxylic acids is 2. The molecule has 1 atom stereocenters. The number of benzene rings is 2. The van der Waals surface area contributed by atoms with Crippen LogP contribution in [0.1, 0.15) is 25.0 Å². The van der Waals surface area contributed by atoms with Gasteiger partial charge in [0.25, 0.3) is 0 Å². The quantitative estimate of drug-likeness (QED) is 0.586. The molecule has 30 heavy (non-hydrogen) atoms. The van der Waals surface area contributed by atoms with E-state index in [0.29, 0.717) is 11.0 Å². The Kier molecular flexibility index (Phi) is 6.56. The van der Waals surface area contributed by atoms with Crippen molar-refractivity contribution in [2.45, 2.75) is 38.1 Å². The minimum Gasteiger partial charge on any atom is -0.351 e. The maximum atomic E-state index is 12.5. The predicted molar refractivity (Wildman–Crippen MR) is 118 cm³/mol. The predicted octanol–water partition coefficient (Wildman–Crippen LogP) is 3.86. The van der Waals surface area contributed by atoms with Gasteiger partial charge in [0.1, 0.15) is 0 Å². The minimum absolute atomic E-state index is 0.0556. The minimum atomic E-state index is -0.869. The molecule has 3 aromatic rings. The van der Waals surface area contributed by atoms with Crippen molar-refractivity contribution >= 4 is 23.7 Å². The summed E-state index contributed by atoms with van der Waals surface area (Å²) in [5.74, 6) is 0.181. The highest BCUT2D eigenvalue weighted by Gasteiger charge is 2.28. The fraction of sp³-hybridized carbons (Fsp3) is 0.273. The monoisotopic (exact) mass is 423 g/mol. The van der Waals surface area contributed by atoms with Gasteiger partial charge in [-0.15, -0.1) is 10.2 Å². The molecule has 156 valence electrons. The van der Waals surface area contributed by atoms with Crippen LogP contribution in [-0.2, 0) is 4.79 Å². The van der Waals surface area contributed by atoms with Crippen molar-refractivity contribution in [1.29, 1.82) is 0 Å². The van der Waals surface area contributed by atoms with Gasteiger partial charge in [-0.3, -0.25) is 14.7 Å². The summed E-state index contributed by atoms with van der Waals surface area (Å²) in [4.78, 5) is 23.7. The number of aromatic nitrogens is 3. The molecular weight excluding hydrogens is 398 g/mol. The molecule has 3 amide bonds. The second kappa shape index (κ2) is 9.13. The maximum absolute atomic E-state index is 12.5. The molecule has 3 N–H and O–H groups in total. The summed E-state index contributed by atoms with van der Waals surface area (Å²) in [6, 6.07) is 15.2. The number of thioether (sulfide) groups is 1. The number of aryl methyl sites for hydroxylation is 2. The van der Waals surface area contributed by atoms with E-state index in [1.54, 1.807) is 0 Å². The Morgan fingerprint density at radius 3 is 2.33 bits per heavy atom. The first-order valence-electron chi connectivity index (χ1n) is 9.62. The fourth-order valence-electron chi connectivity index (χ4n) is 3.04. The van der Waals surface area contributed by atoms with Crippen LogP contribution in [0.3, 0.4) is 0 Å². The molecule has 0 aliphatic carbocycles. The summed E-state index contributed by atoms with van der Waals surface area (Å²) in [6.07, 6.45) is 0. The van der Waals surface area contributed by atoms with E-state index >= 15 is 0 Å². The number of nitrogens with zero attached hydrogens (tertiary/aromatic N) is 3. The molecule has 1 heterocycles. The fourth-order valence-corrected chi connectivity index (χ4v) is 4.09. The highest BCUT2D eigenvalue weighted by Crippen LogP contribution is 2.33. The zero-order chi connectivity index (χ0) is 21.8. The van der Waals surface area contributed by atoms with Crippen molar-refractivity contribution < 1.29 is 9.59 Å². The van der Waals surface area contributed by atoms with E-state index in [4.69, 9.17) is 5.73 Å². The largest absolute Gasteiger partial charge is 0.351 e. The molecule has 0 radical (unpaired) electrons. The van der Waals surface area contributed by atoms with Crippen LogP contribution in [0.4, 0.5) is 4.79 Å². The van der Waals surface area contributed by atoms with Gasteiger partial charge in [-0.1, -0.05) is 67.1 Å². The maximum Gasteiger partial charge on any atom is 0.318 e. The van der Waals surface area contributed by atoms with Gasteiger partial charge in [0, 0.05) is 11.3 Å². The van der Waals surface area contributed by atoms with Crippen LogP contribution in [0, 0.1) is 19.8 Å². The molecule has 7 nitrogen and oxygen atoms in total. The standard InChI is InChI=1S/C22H25N5O2S/c1-13(2)18(20(28)24-21(23)29)30-22-26-25-19(16-7-5-6-15(4)12-16)27(22)17-10-8-14(3)9-11-17/h5-13,18H,1-4H3,(H3,23,24,28,29). The lowest BCUT2D eigenvalue weighted by Crippen LogP contribution is -2.42. The summed E-state index contributed by atoms with van der Waals surface area (Å²) in [5.41, 5.74) is 9.21. The zero-order valence-corrected chi connectivity index (χ0v) is 18.2. The number of amides is 3. The molecule has 0 bridgehead atoms. The number of hydrogen-bond donors (Lipinski definition) is 2. The van der Waals surface area contributed by atoms with E-state index in [-0.39, 0.29) is 5.92 Å². The smallest absolute Gasteiger partial charge is 0.318 e. The Morgan fingerprint density at radius 2 is 1.73 bits per heavy atom. The average Bonchev–Trinajstić information content (AvgIpc) is 3.09. The molecule has 1 aromatic heterocycles. The number of urea groups is 1. The first kappa shape index (κ1) is 21.6. The second-order valence-corrected chi connectivity index (χ2v) is 8.59. The molecule has 0 saturated carbocycles. The summed E-state index contributed by atoms with van der Waals surface area (Å²) in [7, 11) is 0. The molecule has 0 spiro atoms. The third-order valence-corrected chi connectivity index (χ3v) is 6.03. The third-order valence-electron chi connectivity index (χ3n) is 4.54. The number of rotatable bonds is 6. The van der Waals surface area contributed by atoms with E-state index in [1.165, 1.54) is 11.8 Å². The zero-order valence-electron chi connectivity index (χ0n) is 17.4. The summed E-state index contributed by atoms with van der Waals surface area (Å²) in [6.45, 7) is 7.86. The SMILES string of the molecule is Cc1ccc(-n2c(SC(C(=O)NC(N)=O)C(C)C)nnc2-c2cccc(C)c2)cc1. The lowest BCUT2D eigenvalue weighted by atomic mass is 10.1. The normalized spacial score (nSPS) is 12.0. The number of nitrogens with one attached hydrogen (secondary N) is 1. The Balaban J connectivity index is 2.09. The molecule has 8 heteroatoms. The Labute approximate surface area is 180 Å². The van der Waals surface area contributed by atoms with E-state index in [9.17, 15) is 9.59 Å². The van der Waals surface area contributed by atoms with Crippen molar-refractivity contribution in [3.05, 3.63) is 59.7 Å². The lowest BCUT2D eigenvalue weighted by molar-refractivity contribution is -0.120. The van der Waals surface area contributed by atoms with Crippen molar-refractivity contribution in [2.75, 3.05) is 0 Å². The van der Waals surface area contributed by atoms with E-state index in [1.807, 2.05) is 80.8 Å².